The number of non-ortho nitro benzene ring substituents is 1. The molecule has 0 fully saturated rings. The highest BCUT2D eigenvalue weighted by Gasteiger charge is 2.26. The molecule has 10 heteroatoms. The number of nitro benzene ring substituents is 1. The lowest BCUT2D eigenvalue weighted by Crippen LogP contribution is -2.32. The molecule has 1 atom stereocenters. The number of amides is 1. The van der Waals surface area contributed by atoms with Crippen LogP contribution in [0.15, 0.2) is 114 Å². The summed E-state index contributed by atoms with van der Waals surface area (Å²) < 4.78 is 16.3. The summed E-state index contributed by atoms with van der Waals surface area (Å²) in [5.74, 6) is -0.195. The molecule has 5 rings (SSSR count). The number of carbonyl (C=O) groups excluding carboxylic acids is 1. The largest absolute Gasteiger partial charge is 0.342 e. The SMILES string of the molecule is O=C(NC(Cc1ccccc1)c1nnc(SCc2ccccc2)n1-c1ccc([N+](=O)[O-])cc1)c1ccccc1F. The first-order valence-electron chi connectivity index (χ1n) is 12.5. The van der Waals surface area contributed by atoms with Gasteiger partial charge in [0, 0.05) is 23.6 Å². The normalized spacial score (nSPS) is 11.6. The molecule has 0 aliphatic carbocycles. The number of hydrogen-bond donors (Lipinski definition) is 1. The van der Waals surface area contributed by atoms with Crippen molar-refractivity contribution in [1.82, 2.24) is 20.1 Å². The first-order valence-corrected chi connectivity index (χ1v) is 13.4. The number of nitrogens with zero attached hydrogens (tertiary/aromatic N) is 4. The van der Waals surface area contributed by atoms with Crippen molar-refractivity contribution in [2.75, 3.05) is 0 Å². The van der Waals surface area contributed by atoms with E-state index in [0.717, 1.165) is 11.1 Å². The molecular formula is C30H24FN5O3S. The third-order valence-electron chi connectivity index (χ3n) is 6.21. The predicted octanol–water partition coefficient (Wildman–Crippen LogP) is 6.32. The summed E-state index contributed by atoms with van der Waals surface area (Å²) in [4.78, 5) is 24.1. The van der Waals surface area contributed by atoms with Crippen molar-refractivity contribution >= 4 is 23.4 Å². The van der Waals surface area contributed by atoms with Crippen LogP contribution in [0.1, 0.15) is 33.4 Å². The zero-order valence-electron chi connectivity index (χ0n) is 21.2. The molecule has 0 aliphatic heterocycles. The van der Waals surface area contributed by atoms with E-state index in [1.165, 1.54) is 42.1 Å². The Morgan fingerprint density at radius 1 is 0.875 bits per heavy atom. The fourth-order valence-corrected chi connectivity index (χ4v) is 5.14. The molecule has 4 aromatic carbocycles. The van der Waals surface area contributed by atoms with Crippen LogP contribution in [0.5, 0.6) is 0 Å². The molecule has 0 saturated carbocycles. The van der Waals surface area contributed by atoms with Gasteiger partial charge in [0.2, 0.25) is 0 Å². The summed E-state index contributed by atoms with van der Waals surface area (Å²) in [6, 6.07) is 30.6. The topological polar surface area (TPSA) is 103 Å². The number of rotatable bonds is 10. The summed E-state index contributed by atoms with van der Waals surface area (Å²) in [6.45, 7) is 0. The van der Waals surface area contributed by atoms with E-state index in [2.05, 4.69) is 15.5 Å². The Morgan fingerprint density at radius 2 is 1.50 bits per heavy atom. The Hall–Kier alpha value is -4.83. The van der Waals surface area contributed by atoms with Crippen LogP contribution in [-0.4, -0.2) is 25.6 Å². The van der Waals surface area contributed by atoms with Crippen LogP contribution < -0.4 is 5.32 Å². The Balaban J connectivity index is 1.56. The van der Waals surface area contributed by atoms with Crippen LogP contribution in [0.25, 0.3) is 5.69 Å². The monoisotopic (exact) mass is 553 g/mol. The van der Waals surface area contributed by atoms with Crippen LogP contribution >= 0.6 is 11.8 Å². The molecule has 0 spiro atoms. The van der Waals surface area contributed by atoms with E-state index in [-0.39, 0.29) is 11.3 Å². The van der Waals surface area contributed by atoms with Crippen LogP contribution in [0, 0.1) is 15.9 Å². The molecular weight excluding hydrogens is 529 g/mol. The average molecular weight is 554 g/mol. The molecule has 1 N–H and O–H groups in total. The van der Waals surface area contributed by atoms with Gasteiger partial charge in [-0.05, 0) is 41.8 Å². The lowest BCUT2D eigenvalue weighted by Gasteiger charge is -2.20. The highest BCUT2D eigenvalue weighted by molar-refractivity contribution is 7.98. The van der Waals surface area contributed by atoms with Gasteiger partial charge in [-0.25, -0.2) is 4.39 Å². The number of nitrogens with one attached hydrogen (secondary N) is 1. The first kappa shape index (κ1) is 26.8. The highest BCUT2D eigenvalue weighted by Crippen LogP contribution is 2.30. The van der Waals surface area contributed by atoms with Gasteiger partial charge in [-0.15, -0.1) is 10.2 Å². The Bertz CT molecular complexity index is 1610. The molecule has 40 heavy (non-hydrogen) atoms. The quantitative estimate of drug-likeness (QED) is 0.123. The van der Waals surface area contributed by atoms with E-state index in [4.69, 9.17) is 0 Å². The van der Waals surface area contributed by atoms with Gasteiger partial charge in [0.05, 0.1) is 16.5 Å². The Kier molecular flexibility index (Phi) is 8.26. The van der Waals surface area contributed by atoms with Gasteiger partial charge in [-0.2, -0.15) is 0 Å². The van der Waals surface area contributed by atoms with Crippen molar-refractivity contribution in [3.63, 3.8) is 0 Å². The smallest absolute Gasteiger partial charge is 0.269 e. The number of aromatic nitrogens is 3. The zero-order chi connectivity index (χ0) is 27.9. The lowest BCUT2D eigenvalue weighted by molar-refractivity contribution is -0.384. The summed E-state index contributed by atoms with van der Waals surface area (Å²) >= 11 is 1.45. The summed E-state index contributed by atoms with van der Waals surface area (Å²) in [7, 11) is 0. The Labute approximate surface area is 234 Å². The van der Waals surface area contributed by atoms with Crippen molar-refractivity contribution in [2.24, 2.45) is 0 Å². The van der Waals surface area contributed by atoms with E-state index in [0.29, 0.717) is 28.8 Å². The van der Waals surface area contributed by atoms with Crippen LogP contribution in [-0.2, 0) is 12.2 Å². The van der Waals surface area contributed by atoms with Crippen LogP contribution in [0.4, 0.5) is 10.1 Å². The third-order valence-corrected chi connectivity index (χ3v) is 7.21. The maximum Gasteiger partial charge on any atom is 0.269 e. The lowest BCUT2D eigenvalue weighted by atomic mass is 10.0. The minimum atomic E-state index is -0.691. The van der Waals surface area contributed by atoms with Gasteiger partial charge in [-0.1, -0.05) is 84.6 Å². The first-order chi connectivity index (χ1) is 19.5. The van der Waals surface area contributed by atoms with Crippen LogP contribution in [0.3, 0.4) is 0 Å². The van der Waals surface area contributed by atoms with Gasteiger partial charge in [0.1, 0.15) is 5.82 Å². The van der Waals surface area contributed by atoms with E-state index in [1.54, 1.807) is 22.8 Å². The van der Waals surface area contributed by atoms with Gasteiger partial charge in [0.25, 0.3) is 11.6 Å². The number of benzene rings is 4. The number of carbonyl (C=O) groups is 1. The second-order valence-electron chi connectivity index (χ2n) is 8.92. The molecule has 1 aromatic heterocycles. The maximum absolute atomic E-state index is 14.5. The number of nitro groups is 1. The van der Waals surface area contributed by atoms with E-state index in [9.17, 15) is 19.3 Å². The number of thioether (sulfide) groups is 1. The predicted molar refractivity (Wildman–Crippen MR) is 151 cm³/mol. The van der Waals surface area contributed by atoms with E-state index >= 15 is 0 Å². The number of halogens is 1. The van der Waals surface area contributed by atoms with Gasteiger partial charge >= 0.3 is 0 Å². The van der Waals surface area contributed by atoms with Gasteiger partial charge in [-0.3, -0.25) is 19.5 Å². The minimum absolute atomic E-state index is 0.0504. The van der Waals surface area contributed by atoms with E-state index in [1.807, 2.05) is 60.7 Å². The summed E-state index contributed by atoms with van der Waals surface area (Å²) in [6.07, 6.45) is 0.357. The second kappa shape index (κ2) is 12.4. The summed E-state index contributed by atoms with van der Waals surface area (Å²) in [5, 5.41) is 23.7. The molecule has 0 radical (unpaired) electrons. The maximum atomic E-state index is 14.5. The van der Waals surface area contributed by atoms with Crippen molar-refractivity contribution in [3.05, 3.63) is 148 Å². The Morgan fingerprint density at radius 3 is 2.15 bits per heavy atom. The van der Waals surface area contributed by atoms with Gasteiger partial charge in [0.15, 0.2) is 11.0 Å². The highest BCUT2D eigenvalue weighted by atomic mass is 32.2. The van der Waals surface area contributed by atoms with Crippen molar-refractivity contribution in [3.8, 4) is 5.69 Å². The fraction of sp³-hybridized carbons (Fsp3) is 0.100. The van der Waals surface area contributed by atoms with Crippen LogP contribution in [0.2, 0.25) is 0 Å². The van der Waals surface area contributed by atoms with E-state index < -0.39 is 22.7 Å². The van der Waals surface area contributed by atoms with Crippen molar-refractivity contribution in [1.29, 1.82) is 0 Å². The minimum Gasteiger partial charge on any atom is -0.342 e. The molecule has 0 aliphatic rings. The number of hydrogen-bond acceptors (Lipinski definition) is 6. The molecule has 0 bridgehead atoms. The fourth-order valence-electron chi connectivity index (χ4n) is 4.23. The standard InChI is InChI=1S/C30H24FN5O3S/c31-26-14-8-7-13-25(26)29(37)32-27(19-21-9-3-1-4-10-21)28-33-34-30(40-20-22-11-5-2-6-12-22)35(28)23-15-17-24(18-16-23)36(38)39/h1-18,27H,19-20H2,(H,32,37). The summed E-state index contributed by atoms with van der Waals surface area (Å²) in [5.41, 5.74) is 2.48. The second-order valence-corrected chi connectivity index (χ2v) is 9.86. The average Bonchev–Trinajstić information content (AvgIpc) is 3.41. The van der Waals surface area contributed by atoms with Gasteiger partial charge < -0.3 is 5.32 Å². The zero-order valence-corrected chi connectivity index (χ0v) is 22.0. The molecule has 8 nitrogen and oxygen atoms in total. The molecule has 0 saturated heterocycles. The molecule has 1 amide bonds. The van der Waals surface area contributed by atoms with Crippen molar-refractivity contribution in [2.45, 2.75) is 23.4 Å². The molecule has 1 unspecified atom stereocenters. The van der Waals surface area contributed by atoms with Crippen molar-refractivity contribution < 1.29 is 14.1 Å². The molecule has 1 heterocycles. The molecule has 5 aromatic rings. The third kappa shape index (κ3) is 6.24. The molecule has 200 valence electrons.